The maximum Gasteiger partial charge on any atom is 0.321 e. The van der Waals surface area contributed by atoms with E-state index in [4.69, 9.17) is 0 Å². The molecule has 6 nitrogen and oxygen atoms in total. The number of rotatable bonds is 4. The zero-order valence-electron chi connectivity index (χ0n) is 12.9. The SMILES string of the molecule is Cc1cc(F)ccc1S(=O)(=O)Nc1cccc(N2CCNC2=O)c1. The van der Waals surface area contributed by atoms with Crippen molar-refractivity contribution in [1.29, 1.82) is 0 Å². The van der Waals surface area contributed by atoms with E-state index in [9.17, 15) is 17.6 Å². The van der Waals surface area contributed by atoms with Crippen LogP contribution in [0.1, 0.15) is 5.56 Å². The summed E-state index contributed by atoms with van der Waals surface area (Å²) >= 11 is 0. The average molecular weight is 349 g/mol. The Kier molecular flexibility index (Phi) is 4.15. The predicted octanol–water partition coefficient (Wildman–Crippen LogP) is 2.46. The van der Waals surface area contributed by atoms with Crippen molar-refractivity contribution in [2.45, 2.75) is 11.8 Å². The molecule has 0 aliphatic carbocycles. The first-order chi connectivity index (χ1) is 11.4. The van der Waals surface area contributed by atoms with Crippen LogP contribution < -0.4 is 14.9 Å². The molecule has 2 aromatic carbocycles. The van der Waals surface area contributed by atoms with Gasteiger partial charge in [-0.1, -0.05) is 6.07 Å². The van der Waals surface area contributed by atoms with Crippen molar-refractivity contribution in [3.63, 3.8) is 0 Å². The number of hydrogen-bond donors (Lipinski definition) is 2. The average Bonchev–Trinajstić information content (AvgIpc) is 2.92. The Labute approximate surface area is 139 Å². The Morgan fingerprint density at radius 1 is 1.21 bits per heavy atom. The van der Waals surface area contributed by atoms with Gasteiger partial charge in [-0.25, -0.2) is 17.6 Å². The third kappa shape index (κ3) is 3.18. The number of carbonyl (C=O) groups excluding carboxylic acids is 1. The Hall–Kier alpha value is -2.61. The molecule has 1 saturated heterocycles. The van der Waals surface area contributed by atoms with Crippen molar-refractivity contribution >= 4 is 27.4 Å². The van der Waals surface area contributed by atoms with Gasteiger partial charge in [0.15, 0.2) is 0 Å². The minimum absolute atomic E-state index is 0.00761. The summed E-state index contributed by atoms with van der Waals surface area (Å²) in [5.74, 6) is -0.492. The molecule has 0 unspecified atom stereocenters. The highest BCUT2D eigenvalue weighted by atomic mass is 32.2. The van der Waals surface area contributed by atoms with Crippen LogP contribution >= 0.6 is 0 Å². The van der Waals surface area contributed by atoms with Crippen LogP contribution in [0.3, 0.4) is 0 Å². The van der Waals surface area contributed by atoms with E-state index < -0.39 is 15.8 Å². The lowest BCUT2D eigenvalue weighted by Gasteiger charge is -2.16. The van der Waals surface area contributed by atoms with E-state index in [1.807, 2.05) is 0 Å². The van der Waals surface area contributed by atoms with E-state index in [1.54, 1.807) is 24.3 Å². The van der Waals surface area contributed by atoms with Gasteiger partial charge in [-0.05, 0) is 48.9 Å². The summed E-state index contributed by atoms with van der Waals surface area (Å²) in [6.45, 7) is 2.60. The highest BCUT2D eigenvalue weighted by Crippen LogP contribution is 2.24. The fourth-order valence-corrected chi connectivity index (χ4v) is 3.86. The van der Waals surface area contributed by atoms with Gasteiger partial charge >= 0.3 is 6.03 Å². The maximum absolute atomic E-state index is 13.2. The van der Waals surface area contributed by atoms with Gasteiger partial charge < -0.3 is 5.32 Å². The molecule has 2 aromatic rings. The molecular weight excluding hydrogens is 333 g/mol. The number of halogens is 1. The Morgan fingerprint density at radius 3 is 2.67 bits per heavy atom. The number of aryl methyl sites for hydroxylation is 1. The van der Waals surface area contributed by atoms with Crippen molar-refractivity contribution in [2.75, 3.05) is 22.7 Å². The summed E-state index contributed by atoms with van der Waals surface area (Å²) in [5, 5.41) is 2.69. The number of nitrogens with zero attached hydrogens (tertiary/aromatic N) is 1. The van der Waals surface area contributed by atoms with Gasteiger partial charge in [-0.2, -0.15) is 0 Å². The number of nitrogens with one attached hydrogen (secondary N) is 2. The van der Waals surface area contributed by atoms with Crippen LogP contribution in [0.4, 0.5) is 20.6 Å². The minimum Gasteiger partial charge on any atom is -0.336 e. The van der Waals surface area contributed by atoms with Crippen LogP contribution in [0, 0.1) is 12.7 Å². The van der Waals surface area contributed by atoms with Gasteiger partial charge in [0, 0.05) is 18.8 Å². The maximum atomic E-state index is 13.2. The third-order valence-electron chi connectivity index (χ3n) is 3.69. The van der Waals surface area contributed by atoms with Crippen molar-refractivity contribution in [3.8, 4) is 0 Å². The number of hydrogen-bond acceptors (Lipinski definition) is 3. The van der Waals surface area contributed by atoms with Crippen LogP contribution in [0.5, 0.6) is 0 Å². The summed E-state index contributed by atoms with van der Waals surface area (Å²) in [7, 11) is -3.85. The van der Waals surface area contributed by atoms with Crippen molar-refractivity contribution in [2.24, 2.45) is 0 Å². The molecule has 8 heteroatoms. The number of anilines is 2. The Balaban J connectivity index is 1.89. The zero-order valence-corrected chi connectivity index (χ0v) is 13.7. The van der Waals surface area contributed by atoms with Crippen LogP contribution in [0.25, 0.3) is 0 Å². The number of sulfonamides is 1. The molecule has 1 aliphatic heterocycles. The summed E-state index contributed by atoms with van der Waals surface area (Å²) in [4.78, 5) is 13.2. The lowest BCUT2D eigenvalue weighted by molar-refractivity contribution is 0.252. The van der Waals surface area contributed by atoms with Gasteiger partial charge in [-0.15, -0.1) is 0 Å². The summed E-state index contributed by atoms with van der Waals surface area (Å²) in [6.07, 6.45) is 0. The first kappa shape index (κ1) is 16.3. The molecule has 0 saturated carbocycles. The highest BCUT2D eigenvalue weighted by molar-refractivity contribution is 7.92. The molecule has 0 spiro atoms. The highest BCUT2D eigenvalue weighted by Gasteiger charge is 2.22. The quantitative estimate of drug-likeness (QED) is 0.890. The molecule has 1 fully saturated rings. The van der Waals surface area contributed by atoms with E-state index >= 15 is 0 Å². The standard InChI is InChI=1S/C16H16FN3O3S/c1-11-9-12(17)5-6-15(11)24(22,23)19-13-3-2-4-14(10-13)20-8-7-18-16(20)21/h2-6,9-10,19H,7-8H2,1H3,(H,18,21). The zero-order chi connectivity index (χ0) is 17.3. The molecule has 1 heterocycles. The lowest BCUT2D eigenvalue weighted by Crippen LogP contribution is -2.27. The molecule has 0 aromatic heterocycles. The van der Waals surface area contributed by atoms with Crippen molar-refractivity contribution in [1.82, 2.24) is 5.32 Å². The number of benzene rings is 2. The molecule has 0 radical (unpaired) electrons. The molecule has 2 amide bonds. The third-order valence-corrected chi connectivity index (χ3v) is 5.23. The molecule has 126 valence electrons. The van der Waals surface area contributed by atoms with Gasteiger partial charge in [-0.3, -0.25) is 9.62 Å². The van der Waals surface area contributed by atoms with Crippen LogP contribution in [-0.4, -0.2) is 27.5 Å². The molecule has 0 atom stereocenters. The smallest absolute Gasteiger partial charge is 0.321 e. The fourth-order valence-electron chi connectivity index (χ4n) is 2.58. The van der Waals surface area contributed by atoms with Crippen LogP contribution in [0.15, 0.2) is 47.4 Å². The van der Waals surface area contributed by atoms with Gasteiger partial charge in [0.2, 0.25) is 0 Å². The molecule has 0 bridgehead atoms. The fraction of sp³-hybridized carbons (Fsp3) is 0.188. The second-order valence-corrected chi connectivity index (χ2v) is 7.10. The van der Waals surface area contributed by atoms with E-state index in [0.717, 1.165) is 6.07 Å². The summed E-state index contributed by atoms with van der Waals surface area (Å²) in [5.41, 5.74) is 1.24. The van der Waals surface area contributed by atoms with E-state index in [2.05, 4.69) is 10.0 Å². The Bertz CT molecular complexity index is 899. The van der Waals surface area contributed by atoms with Gasteiger partial charge in [0.25, 0.3) is 10.0 Å². The first-order valence-electron chi connectivity index (χ1n) is 7.31. The minimum atomic E-state index is -3.85. The molecule has 2 N–H and O–H groups in total. The van der Waals surface area contributed by atoms with Crippen LogP contribution in [-0.2, 0) is 10.0 Å². The van der Waals surface area contributed by atoms with Gasteiger partial charge in [0.05, 0.1) is 10.6 Å². The number of urea groups is 1. The Morgan fingerprint density at radius 2 is 2.00 bits per heavy atom. The van der Waals surface area contributed by atoms with Crippen molar-refractivity contribution in [3.05, 3.63) is 53.8 Å². The molecule has 24 heavy (non-hydrogen) atoms. The van der Waals surface area contributed by atoms with Gasteiger partial charge in [0.1, 0.15) is 5.82 Å². The normalized spacial score (nSPS) is 14.6. The topological polar surface area (TPSA) is 78.5 Å². The second kappa shape index (κ2) is 6.12. The number of amides is 2. The second-order valence-electron chi connectivity index (χ2n) is 5.45. The summed E-state index contributed by atoms with van der Waals surface area (Å²) < 4.78 is 40.6. The first-order valence-corrected chi connectivity index (χ1v) is 8.79. The molecule has 3 rings (SSSR count). The molecule has 1 aliphatic rings. The van der Waals surface area contributed by atoms with E-state index in [-0.39, 0.29) is 10.9 Å². The summed E-state index contributed by atoms with van der Waals surface area (Å²) in [6, 6.07) is 9.85. The number of carbonyl (C=O) groups is 1. The lowest BCUT2D eigenvalue weighted by atomic mass is 10.2. The van der Waals surface area contributed by atoms with E-state index in [0.29, 0.717) is 30.0 Å². The van der Waals surface area contributed by atoms with Crippen LogP contribution in [0.2, 0.25) is 0 Å². The van der Waals surface area contributed by atoms with E-state index in [1.165, 1.54) is 24.0 Å². The monoisotopic (exact) mass is 349 g/mol. The van der Waals surface area contributed by atoms with Crippen molar-refractivity contribution < 1.29 is 17.6 Å². The predicted molar refractivity (Wildman–Crippen MR) is 89.1 cm³/mol. The molecular formula is C16H16FN3O3S. The largest absolute Gasteiger partial charge is 0.336 e.